The van der Waals surface area contributed by atoms with Crippen molar-refractivity contribution in [1.82, 2.24) is 0 Å². The zero-order valence-corrected chi connectivity index (χ0v) is 10.6. The molecule has 0 radical (unpaired) electrons. The summed E-state index contributed by atoms with van der Waals surface area (Å²) in [6, 6.07) is 3.63. The van der Waals surface area contributed by atoms with Gasteiger partial charge >= 0.3 is 0 Å². The summed E-state index contributed by atoms with van der Waals surface area (Å²) in [6.45, 7) is 9.83. The number of carbonyl (C=O) groups is 1. The second-order valence-corrected chi connectivity index (χ2v) is 3.80. The summed E-state index contributed by atoms with van der Waals surface area (Å²) in [5.74, 6) is 0.868. The molecular weight excluding hydrogens is 228 g/mol. The molecule has 100 valence electrons. The normalized spacial score (nSPS) is 9.28. The number of ether oxygens (including phenoxy) is 2. The largest absolute Gasteiger partial charge is 0.498 e. The highest BCUT2D eigenvalue weighted by atomic mass is 16.5. The second kappa shape index (κ2) is 7.54. The van der Waals surface area contributed by atoms with E-state index in [1.54, 1.807) is 13.0 Å². The molecule has 0 saturated heterocycles. The molecule has 0 aromatic heterocycles. The van der Waals surface area contributed by atoms with Crippen LogP contribution in [0.2, 0.25) is 0 Å². The molecule has 0 atom stereocenters. The van der Waals surface area contributed by atoms with Gasteiger partial charge in [0.1, 0.15) is 19.0 Å². The molecule has 0 aliphatic carbocycles. The van der Waals surface area contributed by atoms with E-state index in [2.05, 4.69) is 6.58 Å². The summed E-state index contributed by atoms with van der Waals surface area (Å²) < 4.78 is 10.5. The highest BCUT2D eigenvalue weighted by Crippen LogP contribution is 2.24. The van der Waals surface area contributed by atoms with E-state index < -0.39 is 0 Å². The Kier molecular flexibility index (Phi) is 6.79. The van der Waals surface area contributed by atoms with Crippen molar-refractivity contribution >= 4 is 5.78 Å². The van der Waals surface area contributed by atoms with Crippen molar-refractivity contribution in [2.45, 2.75) is 28.2 Å². The number of hydrogen-bond acceptors (Lipinski definition) is 3. The topological polar surface area (TPSA) is 35.5 Å². The van der Waals surface area contributed by atoms with Crippen molar-refractivity contribution in [1.29, 1.82) is 0 Å². The Balaban J connectivity index is 0.00000289. The van der Waals surface area contributed by atoms with E-state index in [-0.39, 0.29) is 13.2 Å². The fourth-order valence-electron chi connectivity index (χ4n) is 1.62. The van der Waals surface area contributed by atoms with Gasteiger partial charge in [-0.2, -0.15) is 0 Å². The molecule has 0 fully saturated rings. The van der Waals surface area contributed by atoms with Gasteiger partial charge in [-0.3, -0.25) is 4.79 Å². The van der Waals surface area contributed by atoms with Crippen molar-refractivity contribution in [2.24, 2.45) is 0 Å². The zero-order chi connectivity index (χ0) is 12.8. The molecule has 0 bridgehead atoms. The molecule has 1 rings (SSSR count). The van der Waals surface area contributed by atoms with E-state index in [1.165, 1.54) is 6.26 Å². The first-order valence-electron chi connectivity index (χ1n) is 5.54. The summed E-state index contributed by atoms with van der Waals surface area (Å²) in [7, 11) is 0. The first-order chi connectivity index (χ1) is 8.07. The Bertz CT molecular complexity index is 422. The predicted molar refractivity (Wildman–Crippen MR) is 74.3 cm³/mol. The van der Waals surface area contributed by atoms with Gasteiger partial charge in [0.2, 0.25) is 0 Å². The molecule has 0 N–H and O–H groups in total. The lowest BCUT2D eigenvalue weighted by atomic mass is 10.00. The van der Waals surface area contributed by atoms with Crippen LogP contribution in [-0.4, -0.2) is 19.0 Å². The van der Waals surface area contributed by atoms with Gasteiger partial charge in [0.25, 0.3) is 0 Å². The zero-order valence-electron chi connectivity index (χ0n) is 10.6. The van der Waals surface area contributed by atoms with Crippen molar-refractivity contribution in [3.63, 3.8) is 0 Å². The molecule has 0 spiro atoms. The Labute approximate surface area is 109 Å². The molecule has 1 aromatic rings. The average molecular weight is 250 g/mol. The Hall–Kier alpha value is -1.77. The SMILES string of the molecule is C.C=COCCOc1ccc(C(C)=O)c(C)c1C. The molecule has 0 unspecified atom stereocenters. The van der Waals surface area contributed by atoms with Gasteiger partial charge in [-0.15, -0.1) is 0 Å². The van der Waals surface area contributed by atoms with E-state index in [0.29, 0.717) is 13.2 Å². The summed E-state index contributed by atoms with van der Waals surface area (Å²) in [5, 5.41) is 0. The van der Waals surface area contributed by atoms with Gasteiger partial charge < -0.3 is 9.47 Å². The van der Waals surface area contributed by atoms with Crippen LogP contribution in [0.3, 0.4) is 0 Å². The quantitative estimate of drug-likeness (QED) is 0.439. The average Bonchev–Trinajstić information content (AvgIpc) is 2.29. The van der Waals surface area contributed by atoms with Crippen LogP contribution >= 0.6 is 0 Å². The summed E-state index contributed by atoms with van der Waals surface area (Å²) in [5.41, 5.74) is 2.72. The first-order valence-corrected chi connectivity index (χ1v) is 5.54. The number of benzene rings is 1. The van der Waals surface area contributed by atoms with Gasteiger partial charge in [0, 0.05) is 5.56 Å². The summed E-state index contributed by atoms with van der Waals surface area (Å²) in [6.07, 6.45) is 1.39. The van der Waals surface area contributed by atoms with Gasteiger partial charge in [-0.25, -0.2) is 0 Å². The van der Waals surface area contributed by atoms with Crippen LogP contribution in [0.1, 0.15) is 35.8 Å². The van der Waals surface area contributed by atoms with Crippen LogP contribution in [-0.2, 0) is 4.74 Å². The maximum atomic E-state index is 11.4. The maximum absolute atomic E-state index is 11.4. The maximum Gasteiger partial charge on any atom is 0.160 e. The Morgan fingerprint density at radius 3 is 2.50 bits per heavy atom. The molecule has 0 aliphatic heterocycles. The Morgan fingerprint density at radius 1 is 1.28 bits per heavy atom. The van der Waals surface area contributed by atoms with Crippen LogP contribution in [0.15, 0.2) is 25.0 Å². The molecule has 0 amide bonds. The fourth-order valence-corrected chi connectivity index (χ4v) is 1.62. The lowest BCUT2D eigenvalue weighted by molar-refractivity contribution is 0.101. The third-order valence-corrected chi connectivity index (χ3v) is 2.69. The highest BCUT2D eigenvalue weighted by Gasteiger charge is 2.10. The molecule has 1 aromatic carbocycles. The standard InChI is InChI=1S/C14H18O3.CH4/c1-5-16-8-9-17-14-7-6-13(12(4)15)10(2)11(14)3;/h5-7H,1,8-9H2,2-4H3;1H4. The fraction of sp³-hybridized carbons (Fsp3) is 0.400. The lowest BCUT2D eigenvalue weighted by Gasteiger charge is -2.13. The van der Waals surface area contributed by atoms with Gasteiger partial charge in [-0.05, 0) is 44.0 Å². The van der Waals surface area contributed by atoms with Crippen molar-refractivity contribution in [3.8, 4) is 5.75 Å². The first kappa shape index (κ1) is 16.2. The minimum absolute atomic E-state index is 0. The molecule has 0 saturated carbocycles. The van der Waals surface area contributed by atoms with Crippen LogP contribution in [0.5, 0.6) is 5.75 Å². The van der Waals surface area contributed by atoms with Crippen molar-refractivity contribution < 1.29 is 14.3 Å². The minimum Gasteiger partial charge on any atom is -0.498 e. The van der Waals surface area contributed by atoms with E-state index in [0.717, 1.165) is 22.4 Å². The highest BCUT2D eigenvalue weighted by molar-refractivity contribution is 5.96. The third kappa shape index (κ3) is 3.91. The van der Waals surface area contributed by atoms with Crippen LogP contribution < -0.4 is 4.74 Å². The summed E-state index contributed by atoms with van der Waals surface area (Å²) >= 11 is 0. The number of carbonyl (C=O) groups excluding carboxylic acids is 1. The number of ketones is 1. The van der Waals surface area contributed by atoms with Crippen LogP contribution in [0.25, 0.3) is 0 Å². The number of rotatable bonds is 6. The molecule has 0 heterocycles. The smallest absolute Gasteiger partial charge is 0.160 e. The van der Waals surface area contributed by atoms with Crippen molar-refractivity contribution in [3.05, 3.63) is 41.7 Å². The van der Waals surface area contributed by atoms with Crippen LogP contribution in [0, 0.1) is 13.8 Å². The van der Waals surface area contributed by atoms with E-state index >= 15 is 0 Å². The van der Waals surface area contributed by atoms with E-state index in [1.807, 2.05) is 19.9 Å². The number of Topliss-reactive ketones (excluding diaryl/α,β-unsaturated/α-hetero) is 1. The molecule has 18 heavy (non-hydrogen) atoms. The molecule has 0 aliphatic rings. The monoisotopic (exact) mass is 250 g/mol. The van der Waals surface area contributed by atoms with Crippen molar-refractivity contribution in [2.75, 3.05) is 13.2 Å². The number of hydrogen-bond donors (Lipinski definition) is 0. The van der Waals surface area contributed by atoms with Gasteiger partial charge in [-0.1, -0.05) is 14.0 Å². The molecule has 3 heteroatoms. The van der Waals surface area contributed by atoms with Gasteiger partial charge in [0.05, 0.1) is 6.26 Å². The predicted octanol–water partition coefficient (Wildman–Crippen LogP) is 3.68. The van der Waals surface area contributed by atoms with Gasteiger partial charge in [0.15, 0.2) is 5.78 Å². The van der Waals surface area contributed by atoms with E-state index in [4.69, 9.17) is 9.47 Å². The summed E-state index contributed by atoms with van der Waals surface area (Å²) in [4.78, 5) is 11.4. The van der Waals surface area contributed by atoms with E-state index in [9.17, 15) is 4.79 Å². The molecule has 3 nitrogen and oxygen atoms in total. The minimum atomic E-state index is 0. The lowest BCUT2D eigenvalue weighted by Crippen LogP contribution is -2.06. The Morgan fingerprint density at radius 2 is 1.94 bits per heavy atom. The molecular formula is C15H22O3. The van der Waals surface area contributed by atoms with Crippen LogP contribution in [0.4, 0.5) is 0 Å². The second-order valence-electron chi connectivity index (χ2n) is 3.80. The third-order valence-electron chi connectivity index (χ3n) is 2.69.